The lowest BCUT2D eigenvalue weighted by Gasteiger charge is -2.29. The molecule has 0 aliphatic carbocycles. The van der Waals surface area contributed by atoms with Crippen LogP contribution in [0, 0.1) is 5.41 Å². The molecule has 5 nitrogen and oxygen atoms in total. The highest BCUT2D eigenvalue weighted by molar-refractivity contribution is 5.83. The largest absolute Gasteiger partial charge is 0.444 e. The number of carbonyl (C=O) groups excluding carboxylic acids is 1. The normalized spacial score (nSPS) is 14.5. The summed E-state index contributed by atoms with van der Waals surface area (Å²) in [6.45, 7) is 8.56. The zero-order valence-corrected chi connectivity index (χ0v) is 14.4. The Balaban J connectivity index is 2.04. The highest BCUT2D eigenvalue weighted by atomic mass is 16.6. The molecule has 0 spiro atoms. The lowest BCUT2D eigenvalue weighted by molar-refractivity contribution is 0.0504. The summed E-state index contributed by atoms with van der Waals surface area (Å²) >= 11 is 0. The molecule has 126 valence electrons. The molecule has 2 rings (SSSR count). The van der Waals surface area contributed by atoms with E-state index < -0.39 is 11.7 Å². The number of ether oxygens (including phenoxy) is 1. The Kier molecular flexibility index (Phi) is 5.00. The zero-order chi connectivity index (χ0) is 17.1. The van der Waals surface area contributed by atoms with Gasteiger partial charge in [-0.25, -0.2) is 4.79 Å². The van der Waals surface area contributed by atoms with Crippen molar-refractivity contribution in [2.75, 3.05) is 13.1 Å². The fourth-order valence-electron chi connectivity index (χ4n) is 2.54. The van der Waals surface area contributed by atoms with Gasteiger partial charge in [0.1, 0.15) is 5.60 Å². The van der Waals surface area contributed by atoms with E-state index in [2.05, 4.69) is 29.4 Å². The van der Waals surface area contributed by atoms with E-state index in [0.717, 1.165) is 11.9 Å². The number of fused-ring (bicyclic) bond motifs is 1. The molecule has 23 heavy (non-hydrogen) atoms. The maximum Gasteiger partial charge on any atom is 0.407 e. The van der Waals surface area contributed by atoms with Gasteiger partial charge in [0.15, 0.2) is 0 Å². The molecular weight excluding hydrogens is 290 g/mol. The molecule has 2 aromatic rings. The Morgan fingerprint density at radius 3 is 2.61 bits per heavy atom. The Hall–Kier alpha value is -2.01. The number of alkyl carbamates (subject to hydrolysis) is 1. The van der Waals surface area contributed by atoms with Crippen molar-refractivity contribution in [1.82, 2.24) is 10.3 Å². The number of para-hydroxylation sites is 1. The second kappa shape index (κ2) is 6.62. The van der Waals surface area contributed by atoms with Gasteiger partial charge in [0.05, 0.1) is 0 Å². The molecule has 1 amide bonds. The first-order valence-corrected chi connectivity index (χ1v) is 7.94. The van der Waals surface area contributed by atoms with Crippen LogP contribution in [0.4, 0.5) is 4.79 Å². The Morgan fingerprint density at radius 1 is 1.26 bits per heavy atom. The number of amides is 1. The van der Waals surface area contributed by atoms with Crippen molar-refractivity contribution in [3.63, 3.8) is 0 Å². The third-order valence-corrected chi connectivity index (χ3v) is 3.84. The summed E-state index contributed by atoms with van der Waals surface area (Å²) < 4.78 is 5.29. The Bertz CT molecular complexity index is 672. The van der Waals surface area contributed by atoms with Gasteiger partial charge < -0.3 is 20.8 Å². The first kappa shape index (κ1) is 17.3. The van der Waals surface area contributed by atoms with Crippen molar-refractivity contribution >= 4 is 17.0 Å². The van der Waals surface area contributed by atoms with E-state index in [1.807, 2.05) is 39.1 Å². The fraction of sp³-hybridized carbons (Fsp3) is 0.500. The second-order valence-corrected chi connectivity index (χ2v) is 7.41. The molecule has 5 heteroatoms. The summed E-state index contributed by atoms with van der Waals surface area (Å²) in [5, 5.41) is 4.04. The van der Waals surface area contributed by atoms with Crippen LogP contribution in [0.25, 0.3) is 10.9 Å². The van der Waals surface area contributed by atoms with Crippen LogP contribution in [0.2, 0.25) is 0 Å². The first-order valence-electron chi connectivity index (χ1n) is 7.94. The van der Waals surface area contributed by atoms with Gasteiger partial charge in [0.2, 0.25) is 0 Å². The first-order chi connectivity index (χ1) is 10.7. The van der Waals surface area contributed by atoms with Gasteiger partial charge >= 0.3 is 6.09 Å². The van der Waals surface area contributed by atoms with Crippen LogP contribution >= 0.6 is 0 Å². The van der Waals surface area contributed by atoms with E-state index in [1.165, 1.54) is 10.9 Å². The predicted molar refractivity (Wildman–Crippen MR) is 93.4 cm³/mol. The minimum absolute atomic E-state index is 0.234. The number of rotatable bonds is 5. The molecule has 0 radical (unpaired) electrons. The van der Waals surface area contributed by atoms with Gasteiger partial charge in [-0.15, -0.1) is 0 Å². The summed E-state index contributed by atoms with van der Waals surface area (Å²) in [6, 6.07) is 8.18. The summed E-state index contributed by atoms with van der Waals surface area (Å²) in [6.07, 6.45) is 2.39. The van der Waals surface area contributed by atoms with Crippen LogP contribution in [-0.2, 0) is 11.2 Å². The average Bonchev–Trinajstić information content (AvgIpc) is 2.87. The summed E-state index contributed by atoms with van der Waals surface area (Å²) in [7, 11) is 0. The van der Waals surface area contributed by atoms with E-state index in [1.54, 1.807) is 0 Å². The molecule has 0 saturated carbocycles. The molecule has 1 heterocycles. The highest BCUT2D eigenvalue weighted by Crippen LogP contribution is 2.26. The third-order valence-electron chi connectivity index (χ3n) is 3.84. The van der Waals surface area contributed by atoms with Gasteiger partial charge in [-0.1, -0.05) is 25.1 Å². The Labute approximate surface area is 137 Å². The van der Waals surface area contributed by atoms with Crippen molar-refractivity contribution in [2.45, 2.75) is 39.7 Å². The van der Waals surface area contributed by atoms with Crippen LogP contribution < -0.4 is 11.1 Å². The van der Waals surface area contributed by atoms with Crippen molar-refractivity contribution in [2.24, 2.45) is 11.1 Å². The summed E-state index contributed by atoms with van der Waals surface area (Å²) in [5.41, 5.74) is 7.57. The van der Waals surface area contributed by atoms with E-state index in [4.69, 9.17) is 10.5 Å². The molecule has 1 unspecified atom stereocenters. The standard InChI is InChI=1S/C18H27N3O2/c1-17(2,3)23-16(22)21-12-18(4,11-19)9-13-10-20-15-8-6-5-7-14(13)15/h5-8,10,20H,9,11-12,19H2,1-4H3,(H,21,22). The number of carbonyl (C=O) groups is 1. The van der Waals surface area contributed by atoms with Crippen LogP contribution in [0.15, 0.2) is 30.5 Å². The minimum atomic E-state index is -0.500. The zero-order valence-electron chi connectivity index (χ0n) is 14.4. The molecular formula is C18H27N3O2. The molecule has 0 bridgehead atoms. The molecule has 1 aromatic carbocycles. The molecule has 4 N–H and O–H groups in total. The van der Waals surface area contributed by atoms with E-state index in [9.17, 15) is 4.79 Å². The van der Waals surface area contributed by atoms with E-state index in [0.29, 0.717) is 13.1 Å². The van der Waals surface area contributed by atoms with Gasteiger partial charge in [0, 0.05) is 29.1 Å². The van der Waals surface area contributed by atoms with Gasteiger partial charge in [0.25, 0.3) is 0 Å². The number of aromatic amines is 1. The number of nitrogens with one attached hydrogen (secondary N) is 2. The quantitative estimate of drug-likeness (QED) is 0.792. The number of benzene rings is 1. The molecule has 0 fully saturated rings. The molecule has 0 saturated heterocycles. The Morgan fingerprint density at radius 2 is 1.96 bits per heavy atom. The van der Waals surface area contributed by atoms with Crippen molar-refractivity contribution in [3.8, 4) is 0 Å². The third kappa shape index (κ3) is 4.73. The van der Waals surface area contributed by atoms with Gasteiger partial charge in [-0.3, -0.25) is 0 Å². The van der Waals surface area contributed by atoms with E-state index >= 15 is 0 Å². The molecule has 0 aliphatic heterocycles. The second-order valence-electron chi connectivity index (χ2n) is 7.41. The smallest absolute Gasteiger partial charge is 0.407 e. The van der Waals surface area contributed by atoms with E-state index in [-0.39, 0.29) is 5.41 Å². The lowest BCUT2D eigenvalue weighted by Crippen LogP contribution is -2.43. The molecule has 1 aromatic heterocycles. The fourth-order valence-corrected chi connectivity index (χ4v) is 2.54. The molecule has 1 atom stereocenters. The monoisotopic (exact) mass is 317 g/mol. The number of aromatic nitrogens is 1. The maximum absolute atomic E-state index is 11.9. The number of hydrogen-bond acceptors (Lipinski definition) is 3. The number of nitrogens with two attached hydrogens (primary N) is 1. The minimum Gasteiger partial charge on any atom is -0.444 e. The summed E-state index contributed by atoms with van der Waals surface area (Å²) in [4.78, 5) is 15.1. The van der Waals surface area contributed by atoms with Crippen LogP contribution in [-0.4, -0.2) is 29.8 Å². The molecule has 0 aliphatic rings. The van der Waals surface area contributed by atoms with Crippen molar-refractivity contribution in [1.29, 1.82) is 0 Å². The average molecular weight is 317 g/mol. The highest BCUT2D eigenvalue weighted by Gasteiger charge is 2.26. The van der Waals surface area contributed by atoms with Crippen LogP contribution in [0.5, 0.6) is 0 Å². The lowest BCUT2D eigenvalue weighted by atomic mass is 9.83. The SMILES string of the molecule is CC(CN)(CNC(=O)OC(C)(C)C)Cc1c[nH]c2ccccc12. The summed E-state index contributed by atoms with van der Waals surface area (Å²) in [5.74, 6) is 0. The topological polar surface area (TPSA) is 80.1 Å². The number of H-pyrrole nitrogens is 1. The van der Waals surface area contributed by atoms with Crippen LogP contribution in [0.3, 0.4) is 0 Å². The number of hydrogen-bond donors (Lipinski definition) is 3. The van der Waals surface area contributed by atoms with Crippen molar-refractivity contribution < 1.29 is 9.53 Å². The van der Waals surface area contributed by atoms with Crippen molar-refractivity contribution in [3.05, 3.63) is 36.0 Å². The predicted octanol–water partition coefficient (Wildman–Crippen LogP) is 3.20. The van der Waals surface area contributed by atoms with Gasteiger partial charge in [-0.2, -0.15) is 0 Å². The van der Waals surface area contributed by atoms with Crippen LogP contribution in [0.1, 0.15) is 33.3 Å². The van der Waals surface area contributed by atoms with Gasteiger partial charge in [-0.05, 0) is 45.4 Å². The maximum atomic E-state index is 11.9.